The minimum Gasteiger partial charge on any atom is -0.398 e. The zero-order valence-corrected chi connectivity index (χ0v) is 21.6. The van der Waals surface area contributed by atoms with E-state index in [1.54, 1.807) is 12.1 Å². The average molecular weight is 539 g/mol. The third kappa shape index (κ3) is 5.97. The van der Waals surface area contributed by atoms with Crippen molar-refractivity contribution in [1.29, 1.82) is 0 Å². The molecule has 0 fully saturated rings. The molecule has 0 aliphatic rings. The van der Waals surface area contributed by atoms with Gasteiger partial charge in [-0.1, -0.05) is 96.0 Å². The average Bonchev–Trinajstić information content (AvgIpc) is 2.89. The van der Waals surface area contributed by atoms with Gasteiger partial charge in [-0.2, -0.15) is 4.31 Å². The summed E-state index contributed by atoms with van der Waals surface area (Å²) in [6.07, 6.45) is -0.0501. The van der Waals surface area contributed by atoms with Crippen LogP contribution in [-0.2, 0) is 29.5 Å². The van der Waals surface area contributed by atoms with Crippen LogP contribution in [0.25, 0.3) is 0 Å². The van der Waals surface area contributed by atoms with Gasteiger partial charge in [-0.05, 0) is 35.4 Å². The molecule has 0 atom stereocenters. The number of carbonyl (C=O) groups is 1. The van der Waals surface area contributed by atoms with Gasteiger partial charge in [0.25, 0.3) is 0 Å². The molecule has 0 aromatic heterocycles. The Hall–Kier alpha value is -3.16. The van der Waals surface area contributed by atoms with Crippen molar-refractivity contribution in [3.8, 4) is 0 Å². The van der Waals surface area contributed by atoms with Crippen LogP contribution >= 0.6 is 23.2 Å². The van der Waals surface area contributed by atoms with Crippen molar-refractivity contribution in [3.63, 3.8) is 0 Å². The quantitative estimate of drug-likeness (QED) is 0.197. The number of halogens is 2. The zero-order chi connectivity index (χ0) is 25.7. The molecule has 0 bridgehead atoms. The Labute approximate surface area is 221 Å². The van der Waals surface area contributed by atoms with Crippen LogP contribution in [0.1, 0.15) is 27.0 Å². The number of nitrogen functional groups attached to an aromatic ring is 1. The van der Waals surface area contributed by atoms with Crippen molar-refractivity contribution < 1.29 is 13.2 Å². The minimum atomic E-state index is -3.85. The topological polar surface area (TPSA) is 80.5 Å². The number of ketones is 1. The van der Waals surface area contributed by atoms with Crippen LogP contribution in [0.2, 0.25) is 10.0 Å². The monoisotopic (exact) mass is 538 g/mol. The van der Waals surface area contributed by atoms with Crippen molar-refractivity contribution >= 4 is 44.7 Å². The molecule has 4 rings (SSSR count). The molecule has 4 aromatic rings. The first-order chi connectivity index (χ1) is 17.3. The fourth-order valence-corrected chi connectivity index (χ4v) is 5.64. The van der Waals surface area contributed by atoms with Gasteiger partial charge in [-0.15, -0.1) is 0 Å². The molecule has 0 heterocycles. The molecule has 5 nitrogen and oxygen atoms in total. The lowest BCUT2D eigenvalue weighted by molar-refractivity contribution is 0.0993. The lowest BCUT2D eigenvalue weighted by Gasteiger charge is -2.23. The number of anilines is 1. The van der Waals surface area contributed by atoms with E-state index in [1.807, 2.05) is 60.7 Å². The molecule has 0 unspecified atom stereocenters. The molecule has 8 heteroatoms. The van der Waals surface area contributed by atoms with Crippen molar-refractivity contribution in [3.05, 3.63) is 129 Å². The maximum absolute atomic E-state index is 13.6. The van der Waals surface area contributed by atoms with Gasteiger partial charge in [0.15, 0.2) is 5.78 Å². The molecule has 184 valence electrons. The van der Waals surface area contributed by atoms with E-state index in [9.17, 15) is 13.2 Å². The van der Waals surface area contributed by atoms with Crippen LogP contribution in [0.15, 0.2) is 102 Å². The summed E-state index contributed by atoms with van der Waals surface area (Å²) in [6.45, 7) is 0.427. The number of hydrogen-bond acceptors (Lipinski definition) is 4. The van der Waals surface area contributed by atoms with Crippen LogP contribution in [0.5, 0.6) is 0 Å². The second-order valence-electron chi connectivity index (χ2n) is 8.30. The summed E-state index contributed by atoms with van der Waals surface area (Å²) in [5.41, 5.74) is 8.89. The third-order valence-electron chi connectivity index (χ3n) is 5.79. The Bertz CT molecular complexity index is 1420. The van der Waals surface area contributed by atoms with E-state index < -0.39 is 10.0 Å². The summed E-state index contributed by atoms with van der Waals surface area (Å²) < 4.78 is 28.7. The van der Waals surface area contributed by atoms with Gasteiger partial charge in [-0.25, -0.2) is 8.42 Å². The number of Topliss-reactive ketones (excluding diaryl/α,β-unsaturated/α-hetero) is 1. The molecule has 0 saturated carbocycles. The fourth-order valence-electron chi connectivity index (χ4n) is 3.81. The normalized spacial score (nSPS) is 11.5. The third-order valence-corrected chi connectivity index (χ3v) is 8.44. The van der Waals surface area contributed by atoms with Gasteiger partial charge in [0.1, 0.15) is 0 Å². The van der Waals surface area contributed by atoms with Crippen LogP contribution < -0.4 is 5.73 Å². The zero-order valence-electron chi connectivity index (χ0n) is 19.3. The highest BCUT2D eigenvalue weighted by molar-refractivity contribution is 7.89. The van der Waals surface area contributed by atoms with Crippen LogP contribution in [0, 0.1) is 0 Å². The van der Waals surface area contributed by atoms with Crippen molar-refractivity contribution in [2.75, 3.05) is 5.73 Å². The second-order valence-corrected chi connectivity index (χ2v) is 11.0. The van der Waals surface area contributed by atoms with Gasteiger partial charge in [0.2, 0.25) is 10.0 Å². The van der Waals surface area contributed by atoms with Crippen molar-refractivity contribution in [1.82, 2.24) is 4.31 Å². The van der Waals surface area contributed by atoms with Gasteiger partial charge >= 0.3 is 0 Å². The molecule has 0 spiro atoms. The number of sulfonamides is 1. The van der Waals surface area contributed by atoms with Crippen LogP contribution in [0.3, 0.4) is 0 Å². The first kappa shape index (κ1) is 25.9. The van der Waals surface area contributed by atoms with Crippen molar-refractivity contribution in [2.45, 2.75) is 24.4 Å². The molecule has 0 aliphatic carbocycles. The molecule has 0 aliphatic heterocycles. The number of hydrogen-bond donors (Lipinski definition) is 1. The summed E-state index contributed by atoms with van der Waals surface area (Å²) in [5, 5.41) is 0.550. The summed E-state index contributed by atoms with van der Waals surface area (Å²) in [7, 11) is -3.85. The SMILES string of the molecule is Nc1ccc(Cl)c(Cl)c1CC(=O)c1ccc(S(=O)(=O)N(Cc2ccccc2)Cc2ccccc2)cc1. The smallest absolute Gasteiger partial charge is 0.243 e. The predicted molar refractivity (Wildman–Crippen MR) is 145 cm³/mol. The number of nitrogens with zero attached hydrogens (tertiary/aromatic N) is 1. The predicted octanol–water partition coefficient (Wildman–Crippen LogP) is 6.39. The highest BCUT2D eigenvalue weighted by atomic mass is 35.5. The molecule has 0 saturated heterocycles. The van der Waals surface area contributed by atoms with Gasteiger partial charge in [0, 0.05) is 36.3 Å². The maximum atomic E-state index is 13.6. The maximum Gasteiger partial charge on any atom is 0.243 e. The Morgan fingerprint density at radius 3 is 1.81 bits per heavy atom. The van der Waals surface area contributed by atoms with Gasteiger partial charge in [0.05, 0.1) is 14.9 Å². The highest BCUT2D eigenvalue weighted by Gasteiger charge is 2.25. The largest absolute Gasteiger partial charge is 0.398 e. The van der Waals surface area contributed by atoms with E-state index in [2.05, 4.69) is 0 Å². The Morgan fingerprint density at radius 1 is 0.750 bits per heavy atom. The molecule has 0 amide bonds. The van der Waals surface area contributed by atoms with E-state index in [0.29, 0.717) is 21.8 Å². The van der Waals surface area contributed by atoms with Gasteiger partial charge < -0.3 is 5.73 Å². The Kier molecular flexibility index (Phi) is 8.11. The standard InChI is InChI=1S/C28H24Cl2N2O3S/c29-25-15-16-26(31)24(28(25)30)17-27(33)22-11-13-23(14-12-22)36(34,35)32(18-20-7-3-1-4-8-20)19-21-9-5-2-6-10-21/h1-16H,17-19,31H2. The molecule has 36 heavy (non-hydrogen) atoms. The number of rotatable bonds is 9. The van der Waals surface area contributed by atoms with E-state index in [0.717, 1.165) is 11.1 Å². The highest BCUT2D eigenvalue weighted by Crippen LogP contribution is 2.31. The van der Waals surface area contributed by atoms with Crippen molar-refractivity contribution in [2.24, 2.45) is 0 Å². The van der Waals surface area contributed by atoms with Crippen LogP contribution in [0.4, 0.5) is 5.69 Å². The van der Waals surface area contributed by atoms with Gasteiger partial charge in [-0.3, -0.25) is 4.79 Å². The fraction of sp³-hybridized carbons (Fsp3) is 0.107. The van der Waals surface area contributed by atoms with E-state index in [-0.39, 0.29) is 35.2 Å². The lowest BCUT2D eigenvalue weighted by atomic mass is 10.0. The number of nitrogens with two attached hydrogens (primary N) is 1. The Balaban J connectivity index is 1.59. The molecular formula is C28H24Cl2N2O3S. The minimum absolute atomic E-state index is 0.0501. The first-order valence-corrected chi connectivity index (χ1v) is 13.4. The summed E-state index contributed by atoms with van der Waals surface area (Å²) in [4.78, 5) is 13.0. The molecule has 0 radical (unpaired) electrons. The van der Waals surface area contributed by atoms with Crippen LogP contribution in [-0.4, -0.2) is 18.5 Å². The summed E-state index contributed by atoms with van der Waals surface area (Å²) in [6, 6.07) is 27.9. The van der Waals surface area contributed by atoms with E-state index in [4.69, 9.17) is 28.9 Å². The number of benzene rings is 4. The summed E-state index contributed by atoms with van der Waals surface area (Å²) in [5.74, 6) is -0.250. The second kappa shape index (κ2) is 11.3. The Morgan fingerprint density at radius 2 is 1.28 bits per heavy atom. The summed E-state index contributed by atoms with van der Waals surface area (Å²) >= 11 is 12.3. The van der Waals surface area contributed by atoms with E-state index >= 15 is 0 Å². The number of carbonyl (C=O) groups excluding carboxylic acids is 1. The molecule has 4 aromatic carbocycles. The van der Waals surface area contributed by atoms with E-state index in [1.165, 1.54) is 28.6 Å². The molecular weight excluding hydrogens is 515 g/mol. The lowest BCUT2D eigenvalue weighted by Crippen LogP contribution is -2.30. The molecule has 2 N–H and O–H groups in total. The first-order valence-electron chi connectivity index (χ1n) is 11.2.